The molecule has 2 fully saturated rings. The first-order valence-electron chi connectivity index (χ1n) is 7.73. The molecule has 1 N–H and O–H groups in total. The number of carbonyl (C=O) groups excluding carboxylic acids is 1. The molecule has 2 heterocycles. The summed E-state index contributed by atoms with van der Waals surface area (Å²) in [5.41, 5.74) is 0.710. The van der Waals surface area contributed by atoms with Gasteiger partial charge in [0.1, 0.15) is 5.75 Å². The summed E-state index contributed by atoms with van der Waals surface area (Å²) in [5.74, 6) is -0.451. The topological polar surface area (TPSA) is 41.6 Å². The van der Waals surface area contributed by atoms with Crippen LogP contribution in [-0.4, -0.2) is 43.3 Å². The number of benzene rings is 1. The number of alkyl halides is 3. The largest absolute Gasteiger partial charge is 0.573 e. The van der Waals surface area contributed by atoms with Gasteiger partial charge in [0.2, 0.25) is 0 Å². The fourth-order valence-corrected chi connectivity index (χ4v) is 3.39. The zero-order valence-corrected chi connectivity index (χ0v) is 13.9. The zero-order valence-electron chi connectivity index (χ0n) is 13.1. The molecule has 3 rings (SSSR count). The van der Waals surface area contributed by atoms with Crippen LogP contribution in [-0.2, 0) is 0 Å². The van der Waals surface area contributed by atoms with Gasteiger partial charge in [0.05, 0.1) is 0 Å². The van der Waals surface area contributed by atoms with Gasteiger partial charge in [-0.3, -0.25) is 4.79 Å². The van der Waals surface area contributed by atoms with E-state index in [-0.39, 0.29) is 24.1 Å². The van der Waals surface area contributed by atoms with Crippen molar-refractivity contribution in [1.29, 1.82) is 0 Å². The van der Waals surface area contributed by atoms with Gasteiger partial charge >= 0.3 is 6.36 Å². The Morgan fingerprint density at radius 1 is 1.12 bits per heavy atom. The summed E-state index contributed by atoms with van der Waals surface area (Å²) in [6.07, 6.45) is -1.62. The molecule has 0 saturated carbocycles. The number of carbonyl (C=O) groups is 1. The van der Waals surface area contributed by atoms with Gasteiger partial charge in [-0.2, -0.15) is 0 Å². The van der Waals surface area contributed by atoms with Gasteiger partial charge in [-0.15, -0.1) is 25.6 Å². The van der Waals surface area contributed by atoms with Crippen molar-refractivity contribution in [3.8, 4) is 5.75 Å². The van der Waals surface area contributed by atoms with E-state index in [2.05, 4.69) is 10.1 Å². The summed E-state index contributed by atoms with van der Waals surface area (Å²) in [5, 5.41) is 3.37. The monoisotopic (exact) mass is 364 g/mol. The second-order valence-electron chi connectivity index (χ2n) is 6.29. The second kappa shape index (κ2) is 7.19. The fourth-order valence-electron chi connectivity index (χ4n) is 3.39. The van der Waals surface area contributed by atoms with Crippen molar-refractivity contribution < 1.29 is 22.7 Å². The Balaban J connectivity index is 0.00000208. The molecule has 4 nitrogen and oxygen atoms in total. The van der Waals surface area contributed by atoms with E-state index in [1.165, 1.54) is 24.3 Å². The van der Waals surface area contributed by atoms with Crippen LogP contribution in [0.25, 0.3) is 0 Å². The van der Waals surface area contributed by atoms with Crippen molar-refractivity contribution in [2.75, 3.05) is 26.2 Å². The molecular formula is C16H20ClF3N2O2. The lowest BCUT2D eigenvalue weighted by Crippen LogP contribution is -2.44. The van der Waals surface area contributed by atoms with E-state index in [1.807, 2.05) is 0 Å². The SMILES string of the molecule is Cl.O=C(c1ccc(OC(F)(F)F)cc1)N1CCC2(CCNC2)CC1. The van der Waals surface area contributed by atoms with Gasteiger partial charge < -0.3 is 15.0 Å². The molecule has 1 amide bonds. The average Bonchev–Trinajstić information content (AvgIpc) is 2.95. The van der Waals surface area contributed by atoms with E-state index in [0.717, 1.165) is 32.4 Å². The minimum absolute atomic E-state index is 0. The first-order chi connectivity index (χ1) is 10.9. The number of hydrogen-bond donors (Lipinski definition) is 1. The van der Waals surface area contributed by atoms with Crippen molar-refractivity contribution in [3.63, 3.8) is 0 Å². The number of rotatable bonds is 2. The number of nitrogens with one attached hydrogen (secondary N) is 1. The second-order valence-corrected chi connectivity index (χ2v) is 6.29. The number of ether oxygens (including phenoxy) is 1. The number of amides is 1. The summed E-state index contributed by atoms with van der Waals surface area (Å²) in [6, 6.07) is 5.11. The highest BCUT2D eigenvalue weighted by Gasteiger charge is 2.38. The Hall–Kier alpha value is -1.47. The standard InChI is InChI=1S/C16H19F3N2O2.ClH/c17-16(18,19)23-13-3-1-12(2-4-13)14(22)21-9-6-15(7-10-21)5-8-20-11-15;/h1-4,20H,5-11H2;1H. The van der Waals surface area contributed by atoms with E-state index < -0.39 is 6.36 Å². The first kappa shape index (κ1) is 18.9. The smallest absolute Gasteiger partial charge is 0.406 e. The molecule has 1 aromatic carbocycles. The van der Waals surface area contributed by atoms with Crippen molar-refractivity contribution in [3.05, 3.63) is 29.8 Å². The normalized spacial score (nSPS) is 19.9. The highest BCUT2D eigenvalue weighted by atomic mass is 35.5. The number of hydrogen-bond acceptors (Lipinski definition) is 3. The van der Waals surface area contributed by atoms with Gasteiger partial charge in [0.25, 0.3) is 5.91 Å². The van der Waals surface area contributed by atoms with Crippen LogP contribution in [0.15, 0.2) is 24.3 Å². The van der Waals surface area contributed by atoms with E-state index in [9.17, 15) is 18.0 Å². The van der Waals surface area contributed by atoms with Crippen LogP contribution in [0.5, 0.6) is 5.75 Å². The minimum Gasteiger partial charge on any atom is -0.406 e. The summed E-state index contributed by atoms with van der Waals surface area (Å²) < 4.78 is 40.2. The number of halogens is 4. The van der Waals surface area contributed by atoms with Crippen LogP contribution < -0.4 is 10.1 Å². The summed E-state index contributed by atoms with van der Waals surface area (Å²) in [6.45, 7) is 3.44. The predicted molar refractivity (Wildman–Crippen MR) is 85.4 cm³/mol. The molecule has 134 valence electrons. The lowest BCUT2D eigenvalue weighted by molar-refractivity contribution is -0.274. The lowest BCUT2D eigenvalue weighted by Gasteiger charge is -2.38. The lowest BCUT2D eigenvalue weighted by atomic mass is 9.78. The molecule has 0 atom stereocenters. The third kappa shape index (κ3) is 4.33. The van der Waals surface area contributed by atoms with Gasteiger partial charge in [-0.05, 0) is 55.5 Å². The number of nitrogens with zero attached hydrogens (tertiary/aromatic N) is 1. The van der Waals surface area contributed by atoms with Gasteiger partial charge in [0.15, 0.2) is 0 Å². The quantitative estimate of drug-likeness (QED) is 0.876. The van der Waals surface area contributed by atoms with Crippen molar-refractivity contribution in [2.45, 2.75) is 25.6 Å². The fraction of sp³-hybridized carbons (Fsp3) is 0.562. The molecule has 2 aliphatic heterocycles. The minimum atomic E-state index is -4.72. The summed E-state index contributed by atoms with van der Waals surface area (Å²) in [4.78, 5) is 14.2. The Morgan fingerprint density at radius 3 is 2.25 bits per heavy atom. The van der Waals surface area contributed by atoms with E-state index in [0.29, 0.717) is 24.1 Å². The van der Waals surface area contributed by atoms with E-state index >= 15 is 0 Å². The molecule has 2 saturated heterocycles. The van der Waals surface area contributed by atoms with Crippen LogP contribution in [0, 0.1) is 5.41 Å². The van der Waals surface area contributed by atoms with E-state index in [1.54, 1.807) is 4.90 Å². The van der Waals surface area contributed by atoms with Gasteiger partial charge in [-0.25, -0.2) is 0 Å². The highest BCUT2D eigenvalue weighted by Crippen LogP contribution is 2.37. The number of likely N-dealkylation sites (tertiary alicyclic amines) is 1. The molecule has 1 aromatic rings. The molecule has 8 heteroatoms. The molecule has 0 aromatic heterocycles. The Morgan fingerprint density at radius 2 is 1.75 bits per heavy atom. The molecule has 0 unspecified atom stereocenters. The molecule has 2 aliphatic rings. The average molecular weight is 365 g/mol. The predicted octanol–water partition coefficient (Wildman–Crippen LogP) is 3.22. The van der Waals surface area contributed by atoms with Crippen LogP contribution >= 0.6 is 12.4 Å². The van der Waals surface area contributed by atoms with Crippen molar-refractivity contribution in [2.24, 2.45) is 5.41 Å². The van der Waals surface area contributed by atoms with Crippen LogP contribution in [0.2, 0.25) is 0 Å². The van der Waals surface area contributed by atoms with Crippen molar-refractivity contribution >= 4 is 18.3 Å². The van der Waals surface area contributed by atoms with Gasteiger partial charge in [0, 0.05) is 25.2 Å². The highest BCUT2D eigenvalue weighted by molar-refractivity contribution is 5.94. The third-order valence-corrected chi connectivity index (χ3v) is 4.78. The van der Waals surface area contributed by atoms with Gasteiger partial charge in [-0.1, -0.05) is 0 Å². The zero-order chi connectivity index (χ0) is 16.5. The maximum atomic E-state index is 12.4. The number of piperidine rings is 1. The Labute approximate surface area is 144 Å². The van der Waals surface area contributed by atoms with E-state index in [4.69, 9.17) is 0 Å². The molecular weight excluding hydrogens is 345 g/mol. The molecule has 0 radical (unpaired) electrons. The molecule has 0 aliphatic carbocycles. The Kier molecular flexibility index (Phi) is 5.65. The maximum absolute atomic E-state index is 12.4. The third-order valence-electron chi connectivity index (χ3n) is 4.78. The molecule has 24 heavy (non-hydrogen) atoms. The van der Waals surface area contributed by atoms with Crippen molar-refractivity contribution in [1.82, 2.24) is 10.2 Å². The molecule has 1 spiro atoms. The van der Waals surface area contributed by atoms with Crippen LogP contribution in [0.1, 0.15) is 29.6 Å². The Bertz CT molecular complexity index is 562. The maximum Gasteiger partial charge on any atom is 0.573 e. The molecule has 0 bridgehead atoms. The van der Waals surface area contributed by atoms with Crippen LogP contribution in [0.4, 0.5) is 13.2 Å². The summed E-state index contributed by atoms with van der Waals surface area (Å²) in [7, 11) is 0. The summed E-state index contributed by atoms with van der Waals surface area (Å²) >= 11 is 0. The first-order valence-corrected chi connectivity index (χ1v) is 7.73. The van der Waals surface area contributed by atoms with Crippen LogP contribution in [0.3, 0.4) is 0 Å².